The molecule has 1 aromatic rings. The zero-order valence-electron chi connectivity index (χ0n) is 16.6. The summed E-state index contributed by atoms with van der Waals surface area (Å²) in [5.41, 5.74) is 0. The second-order valence-corrected chi connectivity index (χ2v) is 8.30. The predicted octanol–water partition coefficient (Wildman–Crippen LogP) is 1.94. The lowest BCUT2D eigenvalue weighted by atomic mass is 9.87. The summed E-state index contributed by atoms with van der Waals surface area (Å²) < 4.78 is 0. The number of piperidine rings is 1. The highest BCUT2D eigenvalue weighted by Gasteiger charge is 2.34. The molecule has 0 radical (unpaired) electrons. The second kappa shape index (κ2) is 8.88. The third-order valence-electron chi connectivity index (χ3n) is 6.54. The number of piperazine rings is 1. The summed E-state index contributed by atoms with van der Waals surface area (Å²) in [4.78, 5) is 40.4. The largest absolute Gasteiger partial charge is 0.342 e. The number of rotatable bonds is 3. The number of amides is 2. The van der Waals surface area contributed by atoms with Gasteiger partial charge in [-0.2, -0.15) is 0 Å². The van der Waals surface area contributed by atoms with Gasteiger partial charge in [-0.15, -0.1) is 0 Å². The van der Waals surface area contributed by atoms with E-state index in [2.05, 4.69) is 14.9 Å². The highest BCUT2D eigenvalue weighted by Crippen LogP contribution is 2.28. The number of carbonyl (C=O) groups excluding carboxylic acids is 2. The van der Waals surface area contributed by atoms with Crippen LogP contribution in [0.1, 0.15) is 44.9 Å². The van der Waals surface area contributed by atoms with Crippen molar-refractivity contribution < 1.29 is 9.59 Å². The maximum Gasteiger partial charge on any atom is 0.225 e. The molecule has 7 heteroatoms. The van der Waals surface area contributed by atoms with Gasteiger partial charge >= 0.3 is 0 Å². The van der Waals surface area contributed by atoms with Crippen LogP contribution in [-0.2, 0) is 9.59 Å². The van der Waals surface area contributed by atoms with E-state index in [0.29, 0.717) is 5.91 Å². The highest BCUT2D eigenvalue weighted by molar-refractivity contribution is 5.81. The number of likely N-dealkylation sites (tertiary alicyclic amines) is 1. The summed E-state index contributed by atoms with van der Waals surface area (Å²) in [6.07, 6.45) is 10.9. The van der Waals surface area contributed by atoms with Crippen LogP contribution in [0.25, 0.3) is 0 Å². The average molecular weight is 386 g/mol. The summed E-state index contributed by atoms with van der Waals surface area (Å²) in [5.74, 6) is 1.63. The van der Waals surface area contributed by atoms with E-state index in [1.165, 1.54) is 19.3 Å². The van der Waals surface area contributed by atoms with Crippen LogP contribution in [0.3, 0.4) is 0 Å². The second-order valence-electron chi connectivity index (χ2n) is 8.30. The van der Waals surface area contributed by atoms with E-state index in [4.69, 9.17) is 0 Å². The quantitative estimate of drug-likeness (QED) is 0.795. The molecular weight excluding hydrogens is 354 g/mol. The van der Waals surface area contributed by atoms with E-state index >= 15 is 0 Å². The van der Waals surface area contributed by atoms with Crippen LogP contribution in [0.4, 0.5) is 5.95 Å². The fraction of sp³-hybridized carbons (Fsp3) is 0.714. The molecule has 0 bridgehead atoms. The van der Waals surface area contributed by atoms with E-state index in [1.54, 1.807) is 12.4 Å². The van der Waals surface area contributed by atoms with E-state index in [0.717, 1.165) is 70.9 Å². The molecule has 3 aliphatic rings. The fourth-order valence-corrected chi connectivity index (χ4v) is 4.79. The Labute approximate surface area is 167 Å². The van der Waals surface area contributed by atoms with Crippen LogP contribution in [-0.4, -0.2) is 70.9 Å². The van der Waals surface area contributed by atoms with Crippen molar-refractivity contribution in [2.45, 2.75) is 44.9 Å². The van der Waals surface area contributed by atoms with Gasteiger partial charge in [0.1, 0.15) is 0 Å². The molecule has 4 rings (SSSR count). The molecule has 7 nitrogen and oxygen atoms in total. The summed E-state index contributed by atoms with van der Waals surface area (Å²) in [6, 6.07) is 1.81. The number of carbonyl (C=O) groups is 2. The molecule has 0 N–H and O–H groups in total. The third kappa shape index (κ3) is 4.28. The van der Waals surface area contributed by atoms with E-state index in [1.807, 2.05) is 15.9 Å². The number of nitrogens with zero attached hydrogens (tertiary/aromatic N) is 5. The predicted molar refractivity (Wildman–Crippen MR) is 107 cm³/mol. The minimum absolute atomic E-state index is 0.0648. The Morgan fingerprint density at radius 2 is 1.25 bits per heavy atom. The first kappa shape index (κ1) is 19.2. The van der Waals surface area contributed by atoms with Crippen molar-refractivity contribution in [3.05, 3.63) is 18.5 Å². The van der Waals surface area contributed by atoms with Gasteiger partial charge in [0.2, 0.25) is 17.8 Å². The molecule has 0 spiro atoms. The van der Waals surface area contributed by atoms with Crippen LogP contribution >= 0.6 is 0 Å². The van der Waals surface area contributed by atoms with Crippen molar-refractivity contribution in [2.75, 3.05) is 44.2 Å². The molecule has 0 atom stereocenters. The Morgan fingerprint density at radius 1 is 0.714 bits per heavy atom. The van der Waals surface area contributed by atoms with Gasteiger partial charge in [0.05, 0.1) is 0 Å². The molecule has 1 aromatic heterocycles. The molecule has 0 aromatic carbocycles. The Hall–Kier alpha value is -2.18. The topological polar surface area (TPSA) is 69.6 Å². The van der Waals surface area contributed by atoms with Crippen molar-refractivity contribution in [2.24, 2.45) is 11.8 Å². The Kier molecular flexibility index (Phi) is 6.07. The minimum atomic E-state index is 0.0648. The Balaban J connectivity index is 1.24. The monoisotopic (exact) mass is 385 g/mol. The zero-order chi connectivity index (χ0) is 19.3. The average Bonchev–Trinajstić information content (AvgIpc) is 2.79. The van der Waals surface area contributed by atoms with Gasteiger partial charge in [-0.3, -0.25) is 9.59 Å². The van der Waals surface area contributed by atoms with Gasteiger partial charge in [0, 0.05) is 63.5 Å². The van der Waals surface area contributed by atoms with E-state index < -0.39 is 0 Å². The van der Waals surface area contributed by atoms with Crippen LogP contribution in [0.5, 0.6) is 0 Å². The number of aromatic nitrogens is 2. The van der Waals surface area contributed by atoms with E-state index in [9.17, 15) is 9.59 Å². The van der Waals surface area contributed by atoms with Crippen molar-refractivity contribution in [3.63, 3.8) is 0 Å². The van der Waals surface area contributed by atoms with Crippen LogP contribution in [0, 0.1) is 11.8 Å². The molecule has 1 aliphatic carbocycles. The standard InChI is InChI=1S/C21H31N5O2/c27-19(17-5-2-1-3-6-17)24-11-7-18(8-12-24)20(28)25-13-15-26(16-14-25)21-22-9-4-10-23-21/h4,9-10,17-18H,1-3,5-8,11-16H2. The number of hydrogen-bond donors (Lipinski definition) is 0. The lowest BCUT2D eigenvalue weighted by Gasteiger charge is -2.39. The molecule has 2 aliphatic heterocycles. The zero-order valence-corrected chi connectivity index (χ0v) is 16.6. The van der Waals surface area contributed by atoms with Crippen molar-refractivity contribution in [1.82, 2.24) is 19.8 Å². The van der Waals surface area contributed by atoms with Gasteiger partial charge in [-0.25, -0.2) is 9.97 Å². The maximum absolute atomic E-state index is 12.9. The van der Waals surface area contributed by atoms with Crippen molar-refractivity contribution in [3.8, 4) is 0 Å². The summed E-state index contributed by atoms with van der Waals surface area (Å²) in [6.45, 7) is 4.47. The molecule has 0 unspecified atom stereocenters. The first-order chi connectivity index (χ1) is 13.7. The lowest BCUT2D eigenvalue weighted by Crippen LogP contribution is -2.52. The molecule has 2 amide bonds. The van der Waals surface area contributed by atoms with Gasteiger partial charge in [0.15, 0.2) is 0 Å². The maximum atomic E-state index is 12.9. The van der Waals surface area contributed by atoms with Gasteiger partial charge in [-0.05, 0) is 31.7 Å². The van der Waals surface area contributed by atoms with Gasteiger partial charge in [-0.1, -0.05) is 19.3 Å². The van der Waals surface area contributed by atoms with E-state index in [-0.39, 0.29) is 17.7 Å². The fourth-order valence-electron chi connectivity index (χ4n) is 4.79. The molecule has 2 saturated heterocycles. The summed E-state index contributed by atoms with van der Waals surface area (Å²) in [7, 11) is 0. The van der Waals surface area contributed by atoms with Gasteiger partial charge < -0.3 is 14.7 Å². The molecule has 152 valence electrons. The Bertz CT molecular complexity index is 661. The highest BCUT2D eigenvalue weighted by atomic mass is 16.2. The first-order valence-corrected chi connectivity index (χ1v) is 10.8. The smallest absolute Gasteiger partial charge is 0.225 e. The molecule has 1 saturated carbocycles. The minimum Gasteiger partial charge on any atom is -0.342 e. The molecule has 3 heterocycles. The van der Waals surface area contributed by atoms with Crippen LogP contribution in [0.15, 0.2) is 18.5 Å². The summed E-state index contributed by atoms with van der Waals surface area (Å²) >= 11 is 0. The number of hydrogen-bond acceptors (Lipinski definition) is 5. The lowest BCUT2D eigenvalue weighted by molar-refractivity contribution is -0.143. The molecule has 28 heavy (non-hydrogen) atoms. The first-order valence-electron chi connectivity index (χ1n) is 10.8. The third-order valence-corrected chi connectivity index (χ3v) is 6.54. The molecular formula is C21H31N5O2. The summed E-state index contributed by atoms with van der Waals surface area (Å²) in [5, 5.41) is 0. The SMILES string of the molecule is O=C(C1CCCCC1)N1CCC(C(=O)N2CCN(c3ncccn3)CC2)CC1. The van der Waals surface area contributed by atoms with Crippen molar-refractivity contribution in [1.29, 1.82) is 0 Å². The Morgan fingerprint density at radius 3 is 1.86 bits per heavy atom. The molecule has 3 fully saturated rings. The van der Waals surface area contributed by atoms with Crippen molar-refractivity contribution >= 4 is 17.8 Å². The number of anilines is 1. The van der Waals surface area contributed by atoms with Crippen LogP contribution < -0.4 is 4.90 Å². The van der Waals surface area contributed by atoms with Crippen LogP contribution in [0.2, 0.25) is 0 Å². The van der Waals surface area contributed by atoms with Gasteiger partial charge in [0.25, 0.3) is 0 Å². The normalized spacial score (nSPS) is 22.4.